The molecule has 0 bridgehead atoms. The summed E-state index contributed by atoms with van der Waals surface area (Å²) in [5, 5.41) is 7.59. The average molecular weight is 352 g/mol. The fourth-order valence-corrected chi connectivity index (χ4v) is 2.98. The van der Waals surface area contributed by atoms with Gasteiger partial charge in [-0.1, -0.05) is 11.2 Å². The van der Waals surface area contributed by atoms with E-state index in [1.165, 1.54) is 0 Å². The number of hydrogen-bond acceptors (Lipinski definition) is 6. The van der Waals surface area contributed by atoms with E-state index in [1.54, 1.807) is 6.20 Å². The van der Waals surface area contributed by atoms with Gasteiger partial charge in [-0.25, -0.2) is 9.97 Å². The number of nitrogens with one attached hydrogen (secondary N) is 1. The molecule has 1 aliphatic rings. The third-order valence-corrected chi connectivity index (χ3v) is 4.45. The van der Waals surface area contributed by atoms with Gasteiger partial charge in [0.15, 0.2) is 0 Å². The van der Waals surface area contributed by atoms with E-state index >= 15 is 0 Å². The van der Waals surface area contributed by atoms with Crippen LogP contribution in [0.4, 0.5) is 0 Å². The first-order valence-corrected chi connectivity index (χ1v) is 8.79. The predicted molar refractivity (Wildman–Crippen MR) is 95.1 cm³/mol. The lowest BCUT2D eigenvalue weighted by Gasteiger charge is -2.11. The summed E-state index contributed by atoms with van der Waals surface area (Å²) >= 11 is 0. The van der Waals surface area contributed by atoms with E-state index in [1.807, 2.05) is 32.0 Å². The van der Waals surface area contributed by atoms with E-state index in [4.69, 9.17) is 9.26 Å². The van der Waals surface area contributed by atoms with Crippen molar-refractivity contribution in [2.24, 2.45) is 0 Å². The molecule has 3 aromatic rings. The summed E-state index contributed by atoms with van der Waals surface area (Å²) in [6.45, 7) is 4.57. The van der Waals surface area contributed by atoms with Gasteiger partial charge < -0.3 is 14.6 Å². The molecular formula is C19H20N4O3. The van der Waals surface area contributed by atoms with E-state index in [0.29, 0.717) is 47.3 Å². The van der Waals surface area contributed by atoms with E-state index in [9.17, 15) is 4.79 Å². The number of aryl methyl sites for hydroxylation is 1. The minimum absolute atomic E-state index is 0.183. The van der Waals surface area contributed by atoms with Gasteiger partial charge in [-0.05, 0) is 38.8 Å². The monoisotopic (exact) mass is 352 g/mol. The largest absolute Gasteiger partial charge is 0.478 e. The molecule has 1 N–H and O–H groups in total. The SMILES string of the molecule is CCOc1ncccc1CNC(=O)c1cc(C2CC2)nc2onc(C)c12. The van der Waals surface area contributed by atoms with Gasteiger partial charge in [0, 0.05) is 29.9 Å². The second-order valence-corrected chi connectivity index (χ2v) is 6.40. The van der Waals surface area contributed by atoms with Crippen molar-refractivity contribution in [3.8, 4) is 5.88 Å². The first-order valence-electron chi connectivity index (χ1n) is 8.79. The van der Waals surface area contributed by atoms with Crippen LogP contribution in [0.5, 0.6) is 5.88 Å². The maximum Gasteiger partial charge on any atom is 0.259 e. The summed E-state index contributed by atoms with van der Waals surface area (Å²) in [6, 6.07) is 5.58. The van der Waals surface area contributed by atoms with Crippen LogP contribution in [0.2, 0.25) is 0 Å². The minimum atomic E-state index is -0.183. The lowest BCUT2D eigenvalue weighted by Crippen LogP contribution is -2.24. The quantitative estimate of drug-likeness (QED) is 0.733. The molecule has 7 heteroatoms. The molecule has 1 aliphatic carbocycles. The molecule has 0 spiro atoms. The zero-order valence-corrected chi connectivity index (χ0v) is 14.8. The van der Waals surface area contributed by atoms with Crippen molar-refractivity contribution in [2.75, 3.05) is 6.61 Å². The molecule has 0 aromatic carbocycles. The highest BCUT2D eigenvalue weighted by molar-refractivity contribution is 6.06. The van der Waals surface area contributed by atoms with Crippen molar-refractivity contribution in [3.63, 3.8) is 0 Å². The predicted octanol–water partition coefficient (Wildman–Crippen LogP) is 3.13. The van der Waals surface area contributed by atoms with Crippen LogP contribution in [0, 0.1) is 6.92 Å². The van der Waals surface area contributed by atoms with E-state index in [-0.39, 0.29) is 5.91 Å². The van der Waals surface area contributed by atoms with Crippen molar-refractivity contribution < 1.29 is 14.1 Å². The average Bonchev–Trinajstić information content (AvgIpc) is 3.44. The van der Waals surface area contributed by atoms with E-state index < -0.39 is 0 Å². The zero-order valence-electron chi connectivity index (χ0n) is 14.8. The van der Waals surface area contributed by atoms with Crippen LogP contribution in [-0.4, -0.2) is 27.6 Å². The number of rotatable bonds is 6. The minimum Gasteiger partial charge on any atom is -0.478 e. The Morgan fingerprint density at radius 3 is 3.04 bits per heavy atom. The number of fused-ring (bicyclic) bond motifs is 1. The molecule has 4 rings (SSSR count). The van der Waals surface area contributed by atoms with Crippen LogP contribution in [-0.2, 0) is 6.54 Å². The normalized spacial score (nSPS) is 13.8. The number of hydrogen-bond donors (Lipinski definition) is 1. The highest BCUT2D eigenvalue weighted by Crippen LogP contribution is 2.40. The first kappa shape index (κ1) is 16.5. The number of carbonyl (C=O) groups is 1. The van der Waals surface area contributed by atoms with E-state index in [0.717, 1.165) is 24.1 Å². The zero-order chi connectivity index (χ0) is 18.1. The van der Waals surface area contributed by atoms with Crippen molar-refractivity contribution in [2.45, 2.75) is 39.2 Å². The summed E-state index contributed by atoms with van der Waals surface area (Å²) in [5.74, 6) is 0.770. The Balaban J connectivity index is 1.61. The Hall–Kier alpha value is -2.96. The lowest BCUT2D eigenvalue weighted by molar-refractivity contribution is 0.0952. The van der Waals surface area contributed by atoms with Crippen LogP contribution in [0.1, 0.15) is 53.0 Å². The van der Waals surface area contributed by atoms with Gasteiger partial charge in [-0.3, -0.25) is 4.79 Å². The van der Waals surface area contributed by atoms with Gasteiger partial charge >= 0.3 is 0 Å². The van der Waals surface area contributed by atoms with Crippen LogP contribution in [0.15, 0.2) is 28.9 Å². The molecule has 7 nitrogen and oxygen atoms in total. The highest BCUT2D eigenvalue weighted by Gasteiger charge is 2.28. The summed E-state index contributed by atoms with van der Waals surface area (Å²) < 4.78 is 10.8. The second-order valence-electron chi connectivity index (χ2n) is 6.40. The fourth-order valence-electron chi connectivity index (χ4n) is 2.98. The van der Waals surface area contributed by atoms with Gasteiger partial charge in [0.1, 0.15) is 0 Å². The third-order valence-electron chi connectivity index (χ3n) is 4.45. The van der Waals surface area contributed by atoms with Crippen molar-refractivity contribution >= 4 is 17.0 Å². The first-order chi connectivity index (χ1) is 12.7. The molecule has 1 fully saturated rings. The molecule has 0 radical (unpaired) electrons. The summed E-state index contributed by atoms with van der Waals surface area (Å²) in [4.78, 5) is 21.6. The van der Waals surface area contributed by atoms with Crippen LogP contribution >= 0.6 is 0 Å². The second kappa shape index (κ2) is 6.74. The smallest absolute Gasteiger partial charge is 0.259 e. The van der Waals surface area contributed by atoms with Gasteiger partial charge in [-0.2, -0.15) is 0 Å². The number of pyridine rings is 2. The van der Waals surface area contributed by atoms with Crippen LogP contribution in [0.3, 0.4) is 0 Å². The number of nitrogens with zero attached hydrogens (tertiary/aromatic N) is 3. The van der Waals surface area contributed by atoms with Crippen LogP contribution < -0.4 is 10.1 Å². The lowest BCUT2D eigenvalue weighted by atomic mass is 10.1. The van der Waals surface area contributed by atoms with Crippen molar-refractivity contribution in [3.05, 3.63) is 46.9 Å². The topological polar surface area (TPSA) is 90.1 Å². The Morgan fingerprint density at radius 2 is 2.27 bits per heavy atom. The maximum atomic E-state index is 12.9. The number of amides is 1. The van der Waals surface area contributed by atoms with Gasteiger partial charge in [-0.15, -0.1) is 0 Å². The molecule has 0 unspecified atom stereocenters. The molecule has 0 saturated heterocycles. The molecule has 26 heavy (non-hydrogen) atoms. The summed E-state index contributed by atoms with van der Waals surface area (Å²) in [7, 11) is 0. The summed E-state index contributed by atoms with van der Waals surface area (Å²) in [6.07, 6.45) is 3.87. The van der Waals surface area contributed by atoms with Gasteiger partial charge in [0.2, 0.25) is 5.88 Å². The van der Waals surface area contributed by atoms with E-state index in [2.05, 4.69) is 20.4 Å². The van der Waals surface area contributed by atoms with Crippen molar-refractivity contribution in [1.82, 2.24) is 20.4 Å². The Bertz CT molecular complexity index is 963. The molecule has 1 amide bonds. The molecular weight excluding hydrogens is 332 g/mol. The van der Waals surface area contributed by atoms with Crippen molar-refractivity contribution in [1.29, 1.82) is 0 Å². The fraction of sp³-hybridized carbons (Fsp3) is 0.368. The summed E-state index contributed by atoms with van der Waals surface area (Å²) in [5.41, 5.74) is 3.37. The maximum absolute atomic E-state index is 12.9. The standard InChI is InChI=1S/C19H20N4O3/c1-3-25-18-13(5-4-8-20-18)10-21-17(24)14-9-15(12-6-7-12)22-19-16(14)11(2)23-26-19/h4-5,8-9,12H,3,6-7,10H2,1-2H3,(H,21,24). The Labute approximate surface area is 150 Å². The molecule has 1 saturated carbocycles. The molecule has 3 aromatic heterocycles. The Kier molecular flexibility index (Phi) is 4.28. The molecule has 0 atom stereocenters. The molecule has 134 valence electrons. The number of carbonyl (C=O) groups excluding carboxylic acids is 1. The Morgan fingerprint density at radius 1 is 1.42 bits per heavy atom. The van der Waals surface area contributed by atoms with Crippen LogP contribution in [0.25, 0.3) is 11.1 Å². The number of aromatic nitrogens is 3. The van der Waals surface area contributed by atoms with Gasteiger partial charge in [0.25, 0.3) is 11.6 Å². The highest BCUT2D eigenvalue weighted by atomic mass is 16.5. The van der Waals surface area contributed by atoms with Gasteiger partial charge in [0.05, 0.1) is 23.3 Å². The molecule has 3 heterocycles. The third kappa shape index (κ3) is 3.12. The molecule has 0 aliphatic heterocycles. The number of ether oxygens (including phenoxy) is 1.